The fraction of sp³-hybridized carbons (Fsp3) is 0.286. The Morgan fingerprint density at radius 3 is 2.58 bits per heavy atom. The molecule has 0 radical (unpaired) electrons. The molecule has 2 rings (SSSR count). The lowest BCUT2D eigenvalue weighted by atomic mass is 10.1. The van der Waals surface area contributed by atoms with Gasteiger partial charge in [-0.05, 0) is 12.1 Å². The molecule has 24 heavy (non-hydrogen) atoms. The van der Waals surface area contributed by atoms with Gasteiger partial charge in [-0.1, -0.05) is 30.5 Å². The molecule has 0 atom stereocenters. The number of halogens is 5. The molecule has 0 aliphatic heterocycles. The number of benzene rings is 1. The normalized spacial score (nSPS) is 11.6. The molecule has 0 fully saturated rings. The molecule has 1 heterocycles. The maximum Gasteiger partial charge on any atom is 0.433 e. The summed E-state index contributed by atoms with van der Waals surface area (Å²) in [6.45, 7) is 1.88. The molecule has 130 valence electrons. The van der Waals surface area contributed by atoms with E-state index < -0.39 is 28.8 Å². The molecule has 2 aromatic rings. The molecule has 0 saturated carbocycles. The summed E-state index contributed by atoms with van der Waals surface area (Å²) in [4.78, 5) is 12.0. The van der Waals surface area contributed by atoms with E-state index in [1.807, 2.05) is 6.92 Å². The van der Waals surface area contributed by atoms with Gasteiger partial charge in [-0.15, -0.1) is 0 Å². The van der Waals surface area contributed by atoms with Crippen LogP contribution < -0.4 is 10.2 Å². The van der Waals surface area contributed by atoms with E-state index in [1.54, 1.807) is 0 Å². The van der Waals surface area contributed by atoms with E-state index in [9.17, 15) is 22.4 Å². The van der Waals surface area contributed by atoms with Crippen molar-refractivity contribution in [2.45, 2.75) is 13.1 Å². The minimum atomic E-state index is -4.73. The number of rotatable bonds is 4. The van der Waals surface area contributed by atoms with Gasteiger partial charge in [0.2, 0.25) is 5.43 Å². The molecule has 1 aromatic heterocycles. The highest BCUT2D eigenvalue weighted by atomic mass is 35.5. The average Bonchev–Trinajstić information content (AvgIpc) is 2.47. The fourth-order valence-corrected chi connectivity index (χ4v) is 2.67. The first-order valence-electron chi connectivity index (χ1n) is 6.68. The van der Waals surface area contributed by atoms with Crippen LogP contribution in [0.1, 0.15) is 12.6 Å². The molecule has 0 unspecified atom stereocenters. The molecule has 0 saturated heterocycles. The van der Waals surface area contributed by atoms with E-state index in [0.29, 0.717) is 22.2 Å². The zero-order valence-corrected chi connectivity index (χ0v) is 14.1. The van der Waals surface area contributed by atoms with Crippen LogP contribution in [0.4, 0.5) is 23.2 Å². The molecule has 4 nitrogen and oxygen atoms in total. The van der Waals surface area contributed by atoms with Crippen molar-refractivity contribution < 1.29 is 17.6 Å². The van der Waals surface area contributed by atoms with Crippen molar-refractivity contribution in [2.24, 2.45) is 7.05 Å². The SMILES string of the molecule is CCSNc1cc(-c2nn(C)c(C(F)(F)F)cc2=O)c(F)cc1Cl. The molecule has 0 bridgehead atoms. The highest BCUT2D eigenvalue weighted by Gasteiger charge is 2.34. The molecule has 0 amide bonds. The zero-order chi connectivity index (χ0) is 18.1. The van der Waals surface area contributed by atoms with Gasteiger partial charge in [0.1, 0.15) is 17.2 Å². The van der Waals surface area contributed by atoms with E-state index in [2.05, 4.69) is 9.82 Å². The summed E-state index contributed by atoms with van der Waals surface area (Å²) in [6.07, 6.45) is -4.73. The lowest BCUT2D eigenvalue weighted by Crippen LogP contribution is -2.22. The highest BCUT2D eigenvalue weighted by Crippen LogP contribution is 2.32. The molecular weight excluding hydrogens is 370 g/mol. The largest absolute Gasteiger partial charge is 0.433 e. The second kappa shape index (κ2) is 7.02. The number of aromatic nitrogens is 2. The number of alkyl halides is 3. The van der Waals surface area contributed by atoms with Gasteiger partial charge in [-0.2, -0.15) is 18.3 Å². The Labute approximate surface area is 144 Å². The van der Waals surface area contributed by atoms with Crippen molar-refractivity contribution in [3.63, 3.8) is 0 Å². The van der Waals surface area contributed by atoms with Crippen LogP contribution in [-0.4, -0.2) is 15.5 Å². The monoisotopic (exact) mass is 381 g/mol. The first-order chi connectivity index (χ1) is 11.1. The number of anilines is 1. The van der Waals surface area contributed by atoms with E-state index in [-0.39, 0.29) is 10.6 Å². The molecule has 1 N–H and O–H groups in total. The number of hydrogen-bond donors (Lipinski definition) is 1. The van der Waals surface area contributed by atoms with Crippen LogP contribution in [-0.2, 0) is 13.2 Å². The second-order valence-corrected chi connectivity index (χ2v) is 6.19. The third-order valence-corrected chi connectivity index (χ3v) is 3.99. The van der Waals surface area contributed by atoms with Gasteiger partial charge in [0.25, 0.3) is 0 Å². The van der Waals surface area contributed by atoms with Crippen molar-refractivity contribution in [1.29, 1.82) is 0 Å². The number of aryl methyl sites for hydroxylation is 1. The fourth-order valence-electron chi connectivity index (χ4n) is 1.95. The summed E-state index contributed by atoms with van der Waals surface area (Å²) in [5, 5.41) is 3.67. The van der Waals surface area contributed by atoms with Crippen molar-refractivity contribution in [1.82, 2.24) is 9.78 Å². The van der Waals surface area contributed by atoms with E-state index in [4.69, 9.17) is 11.6 Å². The summed E-state index contributed by atoms with van der Waals surface area (Å²) < 4.78 is 55.9. The third kappa shape index (κ3) is 3.84. The first kappa shape index (κ1) is 18.6. The number of hydrogen-bond acceptors (Lipinski definition) is 4. The average molecular weight is 382 g/mol. The Balaban J connectivity index is 2.60. The third-order valence-electron chi connectivity index (χ3n) is 3.03. The maximum atomic E-state index is 14.2. The van der Waals surface area contributed by atoms with E-state index in [0.717, 1.165) is 13.1 Å². The lowest BCUT2D eigenvalue weighted by molar-refractivity contribution is -0.144. The van der Waals surface area contributed by atoms with Gasteiger partial charge >= 0.3 is 6.18 Å². The van der Waals surface area contributed by atoms with Gasteiger partial charge in [0.05, 0.1) is 10.7 Å². The topological polar surface area (TPSA) is 46.9 Å². The Kier molecular flexibility index (Phi) is 5.44. The van der Waals surface area contributed by atoms with E-state index >= 15 is 0 Å². The van der Waals surface area contributed by atoms with Crippen LogP contribution >= 0.6 is 23.5 Å². The minimum absolute atomic E-state index is 0.0842. The molecule has 0 aliphatic rings. The molecular formula is C14H12ClF4N3OS. The standard InChI is InChI=1S/C14H12ClF4N3OS/c1-3-24-21-10-4-7(9(16)5-8(10)15)13-11(23)6-12(14(17,18)19)22(2)20-13/h4-6,21H,3H2,1-2H3. The van der Waals surface area contributed by atoms with Crippen LogP contribution in [0.3, 0.4) is 0 Å². The minimum Gasteiger partial charge on any atom is -0.328 e. The van der Waals surface area contributed by atoms with Crippen molar-refractivity contribution >= 4 is 29.2 Å². The number of nitrogens with one attached hydrogen (secondary N) is 1. The van der Waals surface area contributed by atoms with Gasteiger partial charge in [-0.25, -0.2) is 4.39 Å². The molecule has 10 heteroatoms. The van der Waals surface area contributed by atoms with Crippen molar-refractivity contribution in [3.05, 3.63) is 45.0 Å². The smallest absolute Gasteiger partial charge is 0.328 e. The molecule has 0 spiro atoms. The quantitative estimate of drug-likeness (QED) is 0.632. The van der Waals surface area contributed by atoms with Gasteiger partial charge < -0.3 is 4.72 Å². The van der Waals surface area contributed by atoms with Crippen LogP contribution in [0.2, 0.25) is 5.02 Å². The van der Waals surface area contributed by atoms with Crippen molar-refractivity contribution in [3.8, 4) is 11.3 Å². The molecule has 1 aromatic carbocycles. The van der Waals surface area contributed by atoms with Crippen LogP contribution in [0.5, 0.6) is 0 Å². The predicted molar refractivity (Wildman–Crippen MR) is 86.6 cm³/mol. The Morgan fingerprint density at radius 2 is 2.00 bits per heavy atom. The summed E-state index contributed by atoms with van der Waals surface area (Å²) in [5.41, 5.74) is -2.57. The first-order valence-corrected chi connectivity index (χ1v) is 8.04. The highest BCUT2D eigenvalue weighted by molar-refractivity contribution is 8.00. The van der Waals surface area contributed by atoms with Crippen LogP contribution in [0.15, 0.2) is 23.0 Å². The van der Waals surface area contributed by atoms with Crippen LogP contribution in [0.25, 0.3) is 11.3 Å². The lowest BCUT2D eigenvalue weighted by Gasteiger charge is -2.13. The second-order valence-electron chi connectivity index (χ2n) is 4.71. The summed E-state index contributed by atoms with van der Waals surface area (Å²) in [5.74, 6) is -0.153. The number of nitrogens with zero attached hydrogens (tertiary/aromatic N) is 2. The van der Waals surface area contributed by atoms with Crippen molar-refractivity contribution in [2.75, 3.05) is 10.5 Å². The molecule has 0 aliphatic carbocycles. The Hall–Kier alpha value is -1.74. The summed E-state index contributed by atoms with van der Waals surface area (Å²) in [6, 6.07) is 2.62. The van der Waals surface area contributed by atoms with Crippen LogP contribution in [0, 0.1) is 5.82 Å². The van der Waals surface area contributed by atoms with Gasteiger partial charge in [0, 0.05) is 24.4 Å². The zero-order valence-electron chi connectivity index (χ0n) is 12.5. The summed E-state index contributed by atoms with van der Waals surface area (Å²) >= 11 is 7.20. The Morgan fingerprint density at radius 1 is 1.33 bits per heavy atom. The van der Waals surface area contributed by atoms with E-state index in [1.165, 1.54) is 18.0 Å². The maximum absolute atomic E-state index is 14.2. The predicted octanol–water partition coefficient (Wildman–Crippen LogP) is 4.34. The van der Waals surface area contributed by atoms with Gasteiger partial charge in [-0.3, -0.25) is 9.48 Å². The summed E-state index contributed by atoms with van der Waals surface area (Å²) in [7, 11) is 1.03. The van der Waals surface area contributed by atoms with Gasteiger partial charge in [0.15, 0.2) is 0 Å². The Bertz CT molecular complexity index is 823.